The van der Waals surface area contributed by atoms with Crippen molar-refractivity contribution < 1.29 is 13.2 Å². The number of rotatable bonds is 0. The Balaban J connectivity index is 3.05. The molecule has 3 N–H and O–H groups in total. The van der Waals surface area contributed by atoms with Crippen LogP contribution in [0, 0.1) is 17.5 Å². The van der Waals surface area contributed by atoms with Crippen molar-refractivity contribution in [3.63, 3.8) is 0 Å². The number of aromatic amines is 1. The summed E-state index contributed by atoms with van der Waals surface area (Å²) in [6.07, 6.45) is 0. The minimum Gasteiger partial charge on any atom is -0.379 e. The van der Waals surface area contributed by atoms with E-state index in [9.17, 15) is 18.0 Å². The molecule has 0 saturated carbocycles. The first-order valence-electron chi connectivity index (χ1n) is 3.83. The van der Waals surface area contributed by atoms with E-state index in [1.165, 1.54) is 0 Å². The smallest absolute Gasteiger partial charge is 0.231 e. The average Bonchev–Trinajstić information content (AvgIpc) is 2.21. The van der Waals surface area contributed by atoms with Crippen LogP contribution in [0.1, 0.15) is 0 Å². The monoisotopic (exact) mass is 215 g/mol. The van der Waals surface area contributed by atoms with Gasteiger partial charge < -0.3 is 5.73 Å². The largest absolute Gasteiger partial charge is 0.379 e. The second kappa shape index (κ2) is 2.97. The normalized spacial score (nSPS) is 10.9. The van der Waals surface area contributed by atoms with E-state index in [0.29, 0.717) is 6.07 Å². The van der Waals surface area contributed by atoms with Crippen molar-refractivity contribution in [1.82, 2.24) is 10.2 Å². The zero-order valence-corrected chi connectivity index (χ0v) is 7.14. The standard InChI is InChI=1S/C8H4F3N3O/c9-3-1-2-6(5(11)4(3)10)13-14-8(12)7(2)15/h1H,(H2,12,14)(H,13,15). The van der Waals surface area contributed by atoms with Crippen LogP contribution in [0.3, 0.4) is 0 Å². The summed E-state index contributed by atoms with van der Waals surface area (Å²) in [5.41, 5.74) is 3.78. The van der Waals surface area contributed by atoms with E-state index in [2.05, 4.69) is 5.10 Å². The molecule has 0 amide bonds. The molecule has 2 rings (SSSR count). The van der Waals surface area contributed by atoms with Crippen LogP contribution < -0.4 is 11.2 Å². The highest BCUT2D eigenvalue weighted by Crippen LogP contribution is 2.18. The van der Waals surface area contributed by atoms with Crippen LogP contribution in [0.2, 0.25) is 0 Å². The van der Waals surface area contributed by atoms with Gasteiger partial charge in [-0.05, 0) is 6.07 Å². The van der Waals surface area contributed by atoms with E-state index < -0.39 is 34.2 Å². The predicted molar refractivity (Wildman–Crippen MR) is 46.7 cm³/mol. The lowest BCUT2D eigenvalue weighted by molar-refractivity contribution is 0.452. The lowest BCUT2D eigenvalue weighted by Gasteiger charge is -2.01. The van der Waals surface area contributed by atoms with E-state index in [1.807, 2.05) is 5.10 Å². The van der Waals surface area contributed by atoms with Gasteiger partial charge in [0.15, 0.2) is 23.3 Å². The maximum Gasteiger partial charge on any atom is 0.231 e. The molecule has 0 unspecified atom stereocenters. The molecule has 1 aromatic carbocycles. The highest BCUT2D eigenvalue weighted by Gasteiger charge is 2.16. The number of nitrogen functional groups attached to an aromatic ring is 1. The molecule has 0 saturated heterocycles. The van der Waals surface area contributed by atoms with Crippen LogP contribution in [0.5, 0.6) is 0 Å². The maximum atomic E-state index is 13.1. The molecular weight excluding hydrogens is 211 g/mol. The molecule has 1 heterocycles. The fourth-order valence-corrected chi connectivity index (χ4v) is 1.19. The van der Waals surface area contributed by atoms with E-state index in [-0.39, 0.29) is 5.39 Å². The van der Waals surface area contributed by atoms with Gasteiger partial charge in [0.2, 0.25) is 5.43 Å². The fourth-order valence-electron chi connectivity index (χ4n) is 1.19. The second-order valence-corrected chi connectivity index (χ2v) is 2.85. The zero-order chi connectivity index (χ0) is 11.2. The van der Waals surface area contributed by atoms with Gasteiger partial charge in [0, 0.05) is 0 Å². The number of anilines is 1. The molecule has 0 atom stereocenters. The number of nitrogens with zero attached hydrogens (tertiary/aromatic N) is 1. The van der Waals surface area contributed by atoms with E-state index in [1.54, 1.807) is 0 Å². The van der Waals surface area contributed by atoms with Gasteiger partial charge in [0.1, 0.15) is 5.52 Å². The summed E-state index contributed by atoms with van der Waals surface area (Å²) < 4.78 is 38.7. The molecule has 1 aromatic heterocycles. The zero-order valence-electron chi connectivity index (χ0n) is 7.14. The summed E-state index contributed by atoms with van der Waals surface area (Å²) in [7, 11) is 0. The third kappa shape index (κ3) is 1.24. The third-order valence-corrected chi connectivity index (χ3v) is 1.93. The number of nitrogens with two attached hydrogens (primary N) is 1. The Morgan fingerprint density at radius 3 is 2.60 bits per heavy atom. The second-order valence-electron chi connectivity index (χ2n) is 2.85. The van der Waals surface area contributed by atoms with Crippen molar-refractivity contribution in [1.29, 1.82) is 0 Å². The topological polar surface area (TPSA) is 71.8 Å². The molecule has 0 aliphatic carbocycles. The van der Waals surface area contributed by atoms with Gasteiger partial charge in [-0.1, -0.05) is 0 Å². The van der Waals surface area contributed by atoms with E-state index in [0.717, 1.165) is 0 Å². The first-order valence-corrected chi connectivity index (χ1v) is 3.83. The van der Waals surface area contributed by atoms with Crippen molar-refractivity contribution in [2.75, 3.05) is 5.73 Å². The molecule has 78 valence electrons. The Kier molecular flexibility index (Phi) is 1.88. The molecule has 0 spiro atoms. The average molecular weight is 215 g/mol. The number of halogens is 3. The van der Waals surface area contributed by atoms with Gasteiger partial charge in [-0.15, -0.1) is 0 Å². The Morgan fingerprint density at radius 1 is 1.27 bits per heavy atom. The third-order valence-electron chi connectivity index (χ3n) is 1.93. The number of H-pyrrole nitrogens is 1. The lowest BCUT2D eigenvalue weighted by atomic mass is 10.2. The van der Waals surface area contributed by atoms with E-state index >= 15 is 0 Å². The SMILES string of the molecule is Nc1n[nH]c2c(F)c(F)c(F)cc2c1=O. The molecule has 15 heavy (non-hydrogen) atoms. The lowest BCUT2D eigenvalue weighted by Crippen LogP contribution is -2.13. The number of aromatic nitrogens is 2. The molecule has 4 nitrogen and oxygen atoms in total. The number of benzene rings is 1. The molecule has 0 radical (unpaired) electrons. The Bertz CT molecular complexity index is 608. The molecule has 2 aromatic rings. The minimum atomic E-state index is -1.66. The maximum absolute atomic E-state index is 13.1. The van der Waals surface area contributed by atoms with Gasteiger partial charge in [0.05, 0.1) is 5.39 Å². The molecule has 0 aliphatic heterocycles. The summed E-state index contributed by atoms with van der Waals surface area (Å²) >= 11 is 0. The molecule has 7 heteroatoms. The van der Waals surface area contributed by atoms with Crippen LogP contribution in [0.25, 0.3) is 10.9 Å². The van der Waals surface area contributed by atoms with Gasteiger partial charge in [0.25, 0.3) is 0 Å². The van der Waals surface area contributed by atoms with Crippen molar-refractivity contribution >= 4 is 16.7 Å². The van der Waals surface area contributed by atoms with Crippen molar-refractivity contribution in [3.8, 4) is 0 Å². The minimum absolute atomic E-state index is 0.376. The van der Waals surface area contributed by atoms with Crippen LogP contribution in [0.15, 0.2) is 10.9 Å². The Hall–Kier alpha value is -2.05. The molecule has 0 fully saturated rings. The van der Waals surface area contributed by atoms with Crippen LogP contribution in [0.4, 0.5) is 19.0 Å². The summed E-state index contributed by atoms with van der Waals surface area (Å²) in [6, 6.07) is 0.574. The van der Waals surface area contributed by atoms with Crippen molar-refractivity contribution in [3.05, 3.63) is 33.7 Å². The first-order chi connectivity index (χ1) is 7.02. The predicted octanol–water partition coefficient (Wildman–Crippen LogP) is 0.923. The Morgan fingerprint density at radius 2 is 1.93 bits per heavy atom. The summed E-state index contributed by atoms with van der Waals surface area (Å²) in [4.78, 5) is 11.3. The summed E-state index contributed by atoms with van der Waals surface area (Å²) in [6.45, 7) is 0. The number of hydrogen-bond donors (Lipinski definition) is 2. The van der Waals surface area contributed by atoms with Gasteiger partial charge in [-0.3, -0.25) is 9.89 Å². The summed E-state index contributed by atoms with van der Waals surface area (Å²) in [5, 5.41) is 4.91. The fraction of sp³-hybridized carbons (Fsp3) is 0. The molecule has 0 bridgehead atoms. The molecular formula is C8H4F3N3O. The van der Waals surface area contributed by atoms with Gasteiger partial charge >= 0.3 is 0 Å². The van der Waals surface area contributed by atoms with Crippen LogP contribution in [-0.4, -0.2) is 10.2 Å². The van der Waals surface area contributed by atoms with Crippen molar-refractivity contribution in [2.45, 2.75) is 0 Å². The van der Waals surface area contributed by atoms with Crippen molar-refractivity contribution in [2.24, 2.45) is 0 Å². The van der Waals surface area contributed by atoms with Crippen LogP contribution >= 0.6 is 0 Å². The van der Waals surface area contributed by atoms with Crippen LogP contribution in [-0.2, 0) is 0 Å². The molecule has 0 aliphatic rings. The quantitative estimate of drug-likeness (QED) is 0.642. The number of fused-ring (bicyclic) bond motifs is 1. The van der Waals surface area contributed by atoms with Gasteiger partial charge in [-0.2, -0.15) is 5.10 Å². The highest BCUT2D eigenvalue weighted by atomic mass is 19.2. The Labute approximate surface area is 80.5 Å². The summed E-state index contributed by atoms with van der Waals surface area (Å²) in [5.74, 6) is -5.04. The highest BCUT2D eigenvalue weighted by molar-refractivity contribution is 5.80. The first kappa shape index (κ1) is 9.50. The van der Waals surface area contributed by atoms with E-state index in [4.69, 9.17) is 5.73 Å². The number of nitrogens with one attached hydrogen (secondary N) is 1. The number of hydrogen-bond acceptors (Lipinski definition) is 3. The van der Waals surface area contributed by atoms with Gasteiger partial charge in [-0.25, -0.2) is 13.2 Å².